The topological polar surface area (TPSA) is 92.0 Å². The first-order valence-electron chi connectivity index (χ1n) is 9.37. The highest BCUT2D eigenvalue weighted by Crippen LogP contribution is 2.32. The van der Waals surface area contributed by atoms with Gasteiger partial charge in [-0.05, 0) is 48.5 Å². The first-order valence-corrected chi connectivity index (χ1v) is 12.0. The molecule has 0 aliphatic rings. The van der Waals surface area contributed by atoms with E-state index in [1.165, 1.54) is 6.21 Å². The summed E-state index contributed by atoms with van der Waals surface area (Å²) in [6, 6.07) is 11.7. The summed E-state index contributed by atoms with van der Waals surface area (Å²) >= 11 is 12.0. The fourth-order valence-corrected chi connectivity index (χ4v) is 4.18. The maximum absolute atomic E-state index is 13.0. The van der Waals surface area contributed by atoms with Crippen molar-refractivity contribution in [3.8, 4) is 11.3 Å². The summed E-state index contributed by atoms with van der Waals surface area (Å²) in [6.07, 6.45) is -2.74. The van der Waals surface area contributed by atoms with E-state index in [0.29, 0.717) is 31.7 Å². The second-order valence-corrected chi connectivity index (χ2v) is 9.69. The number of rotatable bonds is 7. The van der Waals surface area contributed by atoms with Crippen LogP contribution in [-0.4, -0.2) is 33.3 Å². The molecule has 7 nitrogen and oxygen atoms in total. The predicted molar refractivity (Wildman–Crippen MR) is 124 cm³/mol. The molecular formula is C21H16Cl2F3N3O4S. The van der Waals surface area contributed by atoms with E-state index in [-0.39, 0.29) is 11.4 Å². The Labute approximate surface area is 202 Å². The van der Waals surface area contributed by atoms with Crippen LogP contribution in [0, 0.1) is 0 Å². The normalized spacial score (nSPS) is 12.2. The van der Waals surface area contributed by atoms with Crippen LogP contribution in [0.5, 0.6) is 0 Å². The number of hydrogen-bond acceptors (Lipinski definition) is 5. The molecule has 0 aliphatic carbocycles. The number of hydrogen-bond donors (Lipinski definition) is 1. The lowest BCUT2D eigenvalue weighted by Gasteiger charge is -2.22. The molecule has 1 heterocycles. The molecule has 0 aliphatic heterocycles. The molecule has 0 radical (unpaired) electrons. The molecule has 0 fully saturated rings. The molecule has 1 N–H and O–H groups in total. The minimum Gasteiger partial charge on any atom is -0.455 e. The average Bonchev–Trinajstić information content (AvgIpc) is 3.19. The molecule has 2 aromatic carbocycles. The molecule has 3 rings (SSSR count). The number of nitrogens with one attached hydrogen (secondary N) is 1. The molecule has 1 amide bonds. The van der Waals surface area contributed by atoms with E-state index in [9.17, 15) is 26.4 Å². The van der Waals surface area contributed by atoms with E-state index in [0.717, 1.165) is 24.5 Å². The van der Waals surface area contributed by atoms with Gasteiger partial charge in [0.05, 0.1) is 28.7 Å². The predicted octanol–water partition coefficient (Wildman–Crippen LogP) is 5.19. The number of furan rings is 1. The third-order valence-corrected chi connectivity index (χ3v) is 6.04. The Bertz CT molecular complexity index is 1340. The number of sulfonamides is 1. The average molecular weight is 534 g/mol. The quantitative estimate of drug-likeness (QED) is 0.334. The highest BCUT2D eigenvalue weighted by molar-refractivity contribution is 7.92. The molecule has 0 saturated heterocycles. The van der Waals surface area contributed by atoms with Crippen molar-refractivity contribution < 1.29 is 30.8 Å². The maximum Gasteiger partial charge on any atom is 0.416 e. The number of benzene rings is 2. The van der Waals surface area contributed by atoms with Crippen LogP contribution in [0.4, 0.5) is 18.9 Å². The summed E-state index contributed by atoms with van der Waals surface area (Å²) in [7, 11) is -4.07. The first kappa shape index (κ1) is 25.6. The highest BCUT2D eigenvalue weighted by Gasteiger charge is 2.32. The van der Waals surface area contributed by atoms with Gasteiger partial charge in [0.25, 0.3) is 5.91 Å². The van der Waals surface area contributed by atoms with E-state index in [1.54, 1.807) is 30.3 Å². The fourth-order valence-electron chi connectivity index (χ4n) is 2.83. The van der Waals surface area contributed by atoms with E-state index in [4.69, 9.17) is 27.6 Å². The Hall–Kier alpha value is -3.02. The van der Waals surface area contributed by atoms with Gasteiger partial charge < -0.3 is 4.42 Å². The van der Waals surface area contributed by atoms with Gasteiger partial charge in [-0.1, -0.05) is 29.3 Å². The maximum atomic E-state index is 13.0. The third-order valence-electron chi connectivity index (χ3n) is 4.35. The molecule has 0 unspecified atom stereocenters. The summed E-state index contributed by atoms with van der Waals surface area (Å²) in [5, 5.41) is 4.52. The number of nitrogens with zero attached hydrogens (tertiary/aromatic N) is 2. The minimum absolute atomic E-state index is 0.249. The Morgan fingerprint density at radius 3 is 2.53 bits per heavy atom. The molecule has 3 aromatic rings. The third kappa shape index (κ3) is 6.52. The fraction of sp³-hybridized carbons (Fsp3) is 0.143. The van der Waals surface area contributed by atoms with Crippen molar-refractivity contribution in [2.24, 2.45) is 5.10 Å². The van der Waals surface area contributed by atoms with Crippen LogP contribution in [0.2, 0.25) is 10.0 Å². The molecule has 0 atom stereocenters. The lowest BCUT2D eigenvalue weighted by atomic mass is 10.2. The van der Waals surface area contributed by atoms with Crippen LogP contribution in [0.1, 0.15) is 11.3 Å². The van der Waals surface area contributed by atoms with Crippen LogP contribution in [-0.2, 0) is 21.0 Å². The van der Waals surface area contributed by atoms with Crippen molar-refractivity contribution in [2.45, 2.75) is 6.18 Å². The van der Waals surface area contributed by atoms with Crippen LogP contribution < -0.4 is 9.73 Å². The Morgan fingerprint density at radius 2 is 1.88 bits per heavy atom. The summed E-state index contributed by atoms with van der Waals surface area (Å²) in [4.78, 5) is 12.2. The number of hydrazone groups is 1. The highest BCUT2D eigenvalue weighted by atomic mass is 35.5. The zero-order valence-corrected chi connectivity index (χ0v) is 19.6. The number of carbonyl (C=O) groups is 1. The second-order valence-electron chi connectivity index (χ2n) is 6.94. The van der Waals surface area contributed by atoms with Crippen molar-refractivity contribution in [1.29, 1.82) is 0 Å². The molecule has 0 bridgehead atoms. The van der Waals surface area contributed by atoms with Crippen LogP contribution >= 0.6 is 23.2 Å². The largest absolute Gasteiger partial charge is 0.455 e. The summed E-state index contributed by atoms with van der Waals surface area (Å²) in [6.45, 7) is -0.790. The SMILES string of the molecule is CS(=O)(=O)N(CC(=O)N/N=C\c1ccc(-c2ccc(Cl)cc2Cl)o1)c1cccc(C(F)(F)F)c1. The van der Waals surface area contributed by atoms with Crippen molar-refractivity contribution in [1.82, 2.24) is 5.43 Å². The monoisotopic (exact) mass is 533 g/mol. The summed E-state index contributed by atoms with van der Waals surface area (Å²) in [5.41, 5.74) is 1.34. The van der Waals surface area contributed by atoms with Gasteiger partial charge in [0.2, 0.25) is 10.0 Å². The molecular weight excluding hydrogens is 518 g/mol. The van der Waals surface area contributed by atoms with E-state index in [1.807, 2.05) is 0 Å². The molecule has 0 spiro atoms. The van der Waals surface area contributed by atoms with Gasteiger partial charge in [0.1, 0.15) is 18.1 Å². The van der Waals surface area contributed by atoms with Crippen LogP contribution in [0.3, 0.4) is 0 Å². The standard InChI is InChI=1S/C21H16Cl2F3N3O4S/c1-34(31,32)29(15-4-2-3-13(9-15)21(24,25)26)12-20(30)28-27-11-16-6-8-19(33-16)17-7-5-14(22)10-18(17)23/h2-11H,12H2,1H3,(H,28,30)/b27-11-. The van der Waals surface area contributed by atoms with Gasteiger partial charge >= 0.3 is 6.18 Å². The van der Waals surface area contributed by atoms with Gasteiger partial charge in [0, 0.05) is 10.6 Å². The van der Waals surface area contributed by atoms with E-state index in [2.05, 4.69) is 10.5 Å². The summed E-state index contributed by atoms with van der Waals surface area (Å²) in [5.74, 6) is -0.215. The number of amides is 1. The Morgan fingerprint density at radius 1 is 1.15 bits per heavy atom. The molecule has 34 heavy (non-hydrogen) atoms. The van der Waals surface area contributed by atoms with Crippen molar-refractivity contribution in [3.63, 3.8) is 0 Å². The van der Waals surface area contributed by atoms with Crippen LogP contribution in [0.15, 0.2) is 64.1 Å². The van der Waals surface area contributed by atoms with Crippen molar-refractivity contribution in [2.75, 3.05) is 17.1 Å². The van der Waals surface area contributed by atoms with Gasteiger partial charge in [-0.3, -0.25) is 9.10 Å². The van der Waals surface area contributed by atoms with Gasteiger partial charge in [-0.2, -0.15) is 18.3 Å². The molecule has 1 aromatic heterocycles. The first-order chi connectivity index (χ1) is 15.8. The second kappa shape index (κ2) is 10.1. The number of halogens is 5. The molecule has 180 valence electrons. The summed E-state index contributed by atoms with van der Waals surface area (Å²) < 4.78 is 69.3. The lowest BCUT2D eigenvalue weighted by Crippen LogP contribution is -2.39. The smallest absolute Gasteiger partial charge is 0.416 e. The van der Waals surface area contributed by atoms with E-state index >= 15 is 0 Å². The van der Waals surface area contributed by atoms with Gasteiger partial charge in [0.15, 0.2) is 0 Å². The number of alkyl halides is 3. The zero-order valence-electron chi connectivity index (χ0n) is 17.3. The zero-order chi connectivity index (χ0) is 25.1. The number of anilines is 1. The molecule has 13 heteroatoms. The number of carbonyl (C=O) groups excluding carboxylic acids is 1. The van der Waals surface area contributed by atoms with Crippen molar-refractivity contribution >= 4 is 51.0 Å². The lowest BCUT2D eigenvalue weighted by molar-refractivity contribution is -0.137. The van der Waals surface area contributed by atoms with Gasteiger partial charge in [-0.15, -0.1) is 0 Å². The van der Waals surface area contributed by atoms with E-state index < -0.39 is 34.2 Å². The molecule has 0 saturated carbocycles. The Kier molecular flexibility index (Phi) is 7.59. The van der Waals surface area contributed by atoms with Gasteiger partial charge in [-0.25, -0.2) is 13.8 Å². The van der Waals surface area contributed by atoms with Crippen LogP contribution in [0.25, 0.3) is 11.3 Å². The van der Waals surface area contributed by atoms with Crippen molar-refractivity contribution in [3.05, 3.63) is 76.0 Å². The Balaban J connectivity index is 1.70. The minimum atomic E-state index is -4.68.